The van der Waals surface area contributed by atoms with Gasteiger partial charge in [-0.3, -0.25) is 4.79 Å². The van der Waals surface area contributed by atoms with Crippen molar-refractivity contribution in [3.8, 4) is 0 Å². The Hall–Kier alpha value is -1.40. The van der Waals surface area contributed by atoms with Gasteiger partial charge in [0.2, 0.25) is 5.91 Å². The highest BCUT2D eigenvalue weighted by Crippen LogP contribution is 2.32. The van der Waals surface area contributed by atoms with Crippen molar-refractivity contribution in [3.63, 3.8) is 0 Å². The Kier molecular flexibility index (Phi) is 4.21. The van der Waals surface area contributed by atoms with Gasteiger partial charge >= 0.3 is 0 Å². The molecule has 1 aromatic carbocycles. The van der Waals surface area contributed by atoms with E-state index in [-0.39, 0.29) is 24.2 Å². The predicted octanol–water partition coefficient (Wildman–Crippen LogP) is 0.631. The van der Waals surface area contributed by atoms with Crippen molar-refractivity contribution in [1.29, 1.82) is 0 Å². The van der Waals surface area contributed by atoms with E-state index in [1.54, 1.807) is 18.2 Å². The maximum atomic E-state index is 11.9. The van der Waals surface area contributed by atoms with E-state index in [4.69, 9.17) is 0 Å². The molecule has 1 aromatic rings. The van der Waals surface area contributed by atoms with E-state index in [9.17, 15) is 13.2 Å². The Morgan fingerprint density at radius 1 is 1.37 bits per heavy atom. The largest absolute Gasteiger partial charge is 0.355 e. The normalized spacial score (nSPS) is 19.9. The van der Waals surface area contributed by atoms with Crippen LogP contribution in [0.15, 0.2) is 29.2 Å². The molecule has 1 aliphatic rings. The van der Waals surface area contributed by atoms with Gasteiger partial charge in [-0.25, -0.2) is 8.42 Å². The second kappa shape index (κ2) is 5.71. The van der Waals surface area contributed by atoms with Gasteiger partial charge in [0, 0.05) is 12.6 Å². The molecule has 5 nitrogen and oxygen atoms in total. The Morgan fingerprint density at radius 3 is 2.84 bits per heavy atom. The lowest BCUT2D eigenvalue weighted by Crippen LogP contribution is -2.36. The summed E-state index contributed by atoms with van der Waals surface area (Å²) in [7, 11) is -3.21. The second-order valence-corrected chi connectivity index (χ2v) is 6.61. The summed E-state index contributed by atoms with van der Waals surface area (Å²) in [6, 6.07) is 6.64. The van der Waals surface area contributed by atoms with Crippen LogP contribution in [0.25, 0.3) is 0 Å². The summed E-state index contributed by atoms with van der Waals surface area (Å²) < 4.78 is 23.9. The van der Waals surface area contributed by atoms with Crippen molar-refractivity contribution in [2.45, 2.75) is 24.3 Å². The topological polar surface area (TPSA) is 75.3 Å². The first-order chi connectivity index (χ1) is 9.04. The molecule has 1 amide bonds. The van der Waals surface area contributed by atoms with Crippen LogP contribution in [0.5, 0.6) is 0 Å². The zero-order valence-corrected chi connectivity index (χ0v) is 11.7. The van der Waals surface area contributed by atoms with Crippen LogP contribution in [0.2, 0.25) is 0 Å². The molecule has 0 radical (unpaired) electrons. The number of amides is 1. The summed E-state index contributed by atoms with van der Waals surface area (Å²) in [4.78, 5) is 11.9. The van der Waals surface area contributed by atoms with E-state index in [1.165, 1.54) is 0 Å². The minimum atomic E-state index is -3.21. The average Bonchev–Trinajstić information content (AvgIpc) is 2.66. The maximum absolute atomic E-state index is 11.9. The molecule has 1 atom stereocenters. The highest BCUT2D eigenvalue weighted by atomic mass is 32.2. The Balaban J connectivity index is 2.02. The van der Waals surface area contributed by atoms with Crippen molar-refractivity contribution < 1.29 is 13.2 Å². The van der Waals surface area contributed by atoms with Gasteiger partial charge in [-0.2, -0.15) is 0 Å². The lowest BCUT2D eigenvalue weighted by molar-refractivity contribution is -0.120. The third-order valence-corrected chi connectivity index (χ3v) is 4.91. The molecule has 19 heavy (non-hydrogen) atoms. The molecule has 0 aliphatic carbocycles. The molecule has 1 unspecified atom stereocenters. The monoisotopic (exact) mass is 282 g/mol. The van der Waals surface area contributed by atoms with E-state index in [0.29, 0.717) is 11.4 Å². The molecule has 2 N–H and O–H groups in total. The van der Waals surface area contributed by atoms with Gasteiger partial charge in [0.1, 0.15) is 0 Å². The van der Waals surface area contributed by atoms with Gasteiger partial charge in [0.15, 0.2) is 9.84 Å². The van der Waals surface area contributed by atoms with Gasteiger partial charge in [-0.15, -0.1) is 0 Å². The third kappa shape index (κ3) is 3.13. The summed E-state index contributed by atoms with van der Waals surface area (Å²) in [6.07, 6.45) is 0.881. The van der Waals surface area contributed by atoms with Crippen LogP contribution in [-0.2, 0) is 14.6 Å². The number of fused-ring (bicyclic) bond motifs is 1. The summed E-state index contributed by atoms with van der Waals surface area (Å²) in [6.45, 7) is 2.75. The summed E-state index contributed by atoms with van der Waals surface area (Å²) in [5.41, 5.74) is 0.755. The minimum Gasteiger partial charge on any atom is -0.355 e. The number of hydrogen-bond donors (Lipinski definition) is 2. The van der Waals surface area contributed by atoms with Gasteiger partial charge in [-0.1, -0.05) is 25.1 Å². The molecule has 104 valence electrons. The number of nitrogens with one attached hydrogen (secondary N) is 2. The number of sulfone groups is 1. The fourth-order valence-corrected chi connectivity index (χ4v) is 3.93. The molecule has 2 rings (SSSR count). The van der Waals surface area contributed by atoms with Crippen LogP contribution in [0.3, 0.4) is 0 Å². The van der Waals surface area contributed by atoms with Crippen LogP contribution in [-0.4, -0.2) is 33.2 Å². The Bertz CT molecular complexity index is 569. The molecule has 0 saturated heterocycles. The number of benzene rings is 1. The molecule has 1 heterocycles. The highest BCUT2D eigenvalue weighted by molar-refractivity contribution is 7.91. The summed E-state index contributed by atoms with van der Waals surface area (Å²) >= 11 is 0. The maximum Gasteiger partial charge on any atom is 0.233 e. The smallest absolute Gasteiger partial charge is 0.233 e. The fraction of sp³-hybridized carbons (Fsp3) is 0.462. The molecular formula is C13H18N2O3S. The van der Waals surface area contributed by atoms with E-state index >= 15 is 0 Å². The number of rotatable bonds is 5. The van der Waals surface area contributed by atoms with Crippen LogP contribution in [0.4, 0.5) is 0 Å². The van der Waals surface area contributed by atoms with E-state index < -0.39 is 9.84 Å². The Labute approximate surface area is 113 Å². The fourth-order valence-electron chi connectivity index (χ4n) is 2.16. The molecule has 0 bridgehead atoms. The van der Waals surface area contributed by atoms with E-state index in [0.717, 1.165) is 12.0 Å². The predicted molar refractivity (Wildman–Crippen MR) is 72.5 cm³/mol. The minimum absolute atomic E-state index is 0.0212. The van der Waals surface area contributed by atoms with Crippen molar-refractivity contribution in [1.82, 2.24) is 10.6 Å². The van der Waals surface area contributed by atoms with Gasteiger partial charge in [-0.05, 0) is 18.1 Å². The molecular weight excluding hydrogens is 264 g/mol. The first-order valence-electron chi connectivity index (χ1n) is 6.36. The van der Waals surface area contributed by atoms with Crippen molar-refractivity contribution in [2.75, 3.05) is 18.8 Å². The average molecular weight is 282 g/mol. The van der Waals surface area contributed by atoms with E-state index in [1.807, 2.05) is 13.0 Å². The number of carbonyl (C=O) groups is 1. The van der Waals surface area contributed by atoms with Crippen molar-refractivity contribution >= 4 is 15.7 Å². The van der Waals surface area contributed by atoms with Crippen molar-refractivity contribution in [2.24, 2.45) is 0 Å². The van der Waals surface area contributed by atoms with Gasteiger partial charge in [0.05, 0.1) is 17.2 Å². The van der Waals surface area contributed by atoms with Gasteiger partial charge in [0.25, 0.3) is 0 Å². The number of hydrogen-bond acceptors (Lipinski definition) is 4. The molecule has 0 aromatic heterocycles. The van der Waals surface area contributed by atoms with Crippen LogP contribution < -0.4 is 10.6 Å². The summed E-state index contributed by atoms with van der Waals surface area (Å²) in [5.74, 6) is -0.0865. The summed E-state index contributed by atoms with van der Waals surface area (Å²) in [5, 5.41) is 5.76. The second-order valence-electron chi connectivity index (χ2n) is 4.60. The van der Waals surface area contributed by atoms with E-state index in [2.05, 4.69) is 10.6 Å². The van der Waals surface area contributed by atoms with Crippen LogP contribution in [0.1, 0.15) is 24.9 Å². The lowest BCUT2D eigenvalue weighted by Gasteiger charge is -2.12. The Morgan fingerprint density at radius 2 is 2.11 bits per heavy atom. The molecule has 0 saturated carbocycles. The molecule has 1 aliphatic heterocycles. The SMILES string of the molecule is CCCNC(=O)CNC1CS(=O)(=O)c2ccccc21. The quantitative estimate of drug-likeness (QED) is 0.830. The highest BCUT2D eigenvalue weighted by Gasteiger charge is 2.34. The number of carbonyl (C=O) groups excluding carboxylic acids is 1. The van der Waals surface area contributed by atoms with Crippen molar-refractivity contribution in [3.05, 3.63) is 29.8 Å². The third-order valence-electron chi connectivity index (χ3n) is 3.10. The van der Waals surface area contributed by atoms with Crippen LogP contribution in [0, 0.1) is 0 Å². The zero-order chi connectivity index (χ0) is 13.9. The van der Waals surface area contributed by atoms with Crippen LogP contribution >= 0.6 is 0 Å². The zero-order valence-electron chi connectivity index (χ0n) is 10.8. The first kappa shape index (κ1) is 14.0. The molecule has 0 fully saturated rings. The molecule has 6 heteroatoms. The standard InChI is InChI=1S/C13H18N2O3S/c1-2-7-14-13(16)8-15-11-9-19(17,18)12-6-4-3-5-10(11)12/h3-6,11,15H,2,7-9H2,1H3,(H,14,16). The van der Waals surface area contributed by atoms with Gasteiger partial charge < -0.3 is 10.6 Å². The lowest BCUT2D eigenvalue weighted by atomic mass is 10.1. The molecule has 0 spiro atoms. The first-order valence-corrected chi connectivity index (χ1v) is 8.01.